The minimum absolute atomic E-state index is 0.356. The van der Waals surface area contributed by atoms with E-state index in [4.69, 9.17) is 5.73 Å². The lowest BCUT2D eigenvalue weighted by Crippen LogP contribution is -2.57. The number of hydrogen-bond acceptors (Lipinski definition) is 2. The Hall–Kier alpha value is -0.0800. The highest BCUT2D eigenvalue weighted by Crippen LogP contribution is 2.40. The summed E-state index contributed by atoms with van der Waals surface area (Å²) in [6.07, 6.45) is 9.54. The van der Waals surface area contributed by atoms with Gasteiger partial charge in [0.2, 0.25) is 0 Å². The molecule has 1 aliphatic carbocycles. The molecule has 1 aliphatic heterocycles. The first kappa shape index (κ1) is 12.4. The van der Waals surface area contributed by atoms with Crippen LogP contribution < -0.4 is 5.73 Å². The van der Waals surface area contributed by atoms with Gasteiger partial charge in [0.1, 0.15) is 0 Å². The molecule has 2 aliphatic rings. The van der Waals surface area contributed by atoms with Gasteiger partial charge in [0.05, 0.1) is 0 Å². The molecule has 0 radical (unpaired) electrons. The van der Waals surface area contributed by atoms with Gasteiger partial charge in [-0.3, -0.25) is 4.90 Å². The Balaban J connectivity index is 2.13. The Morgan fingerprint density at radius 3 is 2.75 bits per heavy atom. The van der Waals surface area contributed by atoms with Crippen LogP contribution in [0.15, 0.2) is 0 Å². The minimum atomic E-state index is 0.356. The summed E-state index contributed by atoms with van der Waals surface area (Å²) in [7, 11) is 0. The van der Waals surface area contributed by atoms with Crippen molar-refractivity contribution in [2.45, 2.75) is 70.4 Å². The Labute approximate surface area is 101 Å². The fraction of sp³-hybridized carbons (Fsp3) is 1.00. The predicted molar refractivity (Wildman–Crippen MR) is 69.4 cm³/mol. The first-order valence-electron chi connectivity index (χ1n) is 7.18. The second-order valence-electron chi connectivity index (χ2n) is 6.03. The van der Waals surface area contributed by atoms with Crippen LogP contribution in [0.3, 0.4) is 0 Å². The summed E-state index contributed by atoms with van der Waals surface area (Å²) in [5.41, 5.74) is 6.51. The molecule has 0 amide bonds. The lowest BCUT2D eigenvalue weighted by molar-refractivity contribution is 0.0276. The maximum absolute atomic E-state index is 6.16. The monoisotopic (exact) mass is 224 g/mol. The summed E-state index contributed by atoms with van der Waals surface area (Å²) in [6, 6.07) is 0.814. The third-order valence-electron chi connectivity index (χ3n) is 4.91. The number of nitrogens with zero attached hydrogens (tertiary/aromatic N) is 1. The molecule has 2 fully saturated rings. The van der Waals surface area contributed by atoms with Gasteiger partial charge in [-0.25, -0.2) is 0 Å². The lowest BCUT2D eigenvalue weighted by atomic mass is 9.75. The number of nitrogens with two attached hydrogens (primary N) is 1. The molecule has 0 spiro atoms. The summed E-state index contributed by atoms with van der Waals surface area (Å²) in [5, 5.41) is 0. The fourth-order valence-corrected chi connectivity index (χ4v) is 4.08. The molecule has 16 heavy (non-hydrogen) atoms. The molecule has 2 N–H and O–H groups in total. The highest BCUT2D eigenvalue weighted by atomic mass is 15.3. The normalized spacial score (nSPS) is 41.4. The molecule has 0 bridgehead atoms. The van der Waals surface area contributed by atoms with Crippen LogP contribution in [0.1, 0.15) is 58.8 Å². The van der Waals surface area contributed by atoms with Crippen molar-refractivity contribution in [2.24, 2.45) is 11.7 Å². The average molecular weight is 224 g/mol. The zero-order valence-electron chi connectivity index (χ0n) is 11.0. The molecule has 0 aromatic carbocycles. The van der Waals surface area contributed by atoms with Gasteiger partial charge in [-0.1, -0.05) is 26.7 Å². The summed E-state index contributed by atoms with van der Waals surface area (Å²) in [5.74, 6) is 0.871. The molecule has 2 heteroatoms. The average Bonchev–Trinajstić information content (AvgIpc) is 2.77. The third-order valence-corrected chi connectivity index (χ3v) is 4.91. The topological polar surface area (TPSA) is 29.3 Å². The van der Waals surface area contributed by atoms with E-state index < -0.39 is 0 Å². The second-order valence-corrected chi connectivity index (χ2v) is 6.03. The molecule has 94 valence electrons. The van der Waals surface area contributed by atoms with Crippen LogP contribution in [0.2, 0.25) is 0 Å². The number of hydrogen-bond donors (Lipinski definition) is 1. The Kier molecular flexibility index (Phi) is 3.91. The van der Waals surface area contributed by atoms with Crippen molar-refractivity contribution in [3.63, 3.8) is 0 Å². The van der Waals surface area contributed by atoms with Crippen LogP contribution in [0, 0.1) is 5.92 Å². The van der Waals surface area contributed by atoms with Crippen LogP contribution in [-0.2, 0) is 0 Å². The summed E-state index contributed by atoms with van der Waals surface area (Å²) < 4.78 is 0. The highest BCUT2D eigenvalue weighted by Gasteiger charge is 2.43. The first-order chi connectivity index (χ1) is 7.72. The SMILES string of the molecule is CCC1CCCN1C1(CN)CCCC(C)C1. The van der Waals surface area contributed by atoms with E-state index in [1.165, 1.54) is 51.5 Å². The van der Waals surface area contributed by atoms with E-state index in [0.29, 0.717) is 5.54 Å². The Bertz CT molecular complexity index is 229. The van der Waals surface area contributed by atoms with E-state index >= 15 is 0 Å². The standard InChI is InChI=1S/C14H28N2/c1-3-13-7-5-9-16(13)14(11-15)8-4-6-12(2)10-14/h12-13H,3-11,15H2,1-2H3. The molecule has 0 aromatic rings. The van der Waals surface area contributed by atoms with Crippen LogP contribution in [0.4, 0.5) is 0 Å². The van der Waals surface area contributed by atoms with Crippen molar-refractivity contribution in [3.8, 4) is 0 Å². The molecular weight excluding hydrogens is 196 g/mol. The molecule has 0 aromatic heterocycles. The maximum Gasteiger partial charge on any atom is 0.0337 e. The van der Waals surface area contributed by atoms with E-state index in [2.05, 4.69) is 18.7 Å². The van der Waals surface area contributed by atoms with Crippen molar-refractivity contribution in [1.82, 2.24) is 4.90 Å². The maximum atomic E-state index is 6.16. The first-order valence-corrected chi connectivity index (χ1v) is 7.18. The molecule has 3 unspecified atom stereocenters. The Morgan fingerprint density at radius 2 is 2.12 bits per heavy atom. The quantitative estimate of drug-likeness (QED) is 0.798. The van der Waals surface area contributed by atoms with Gasteiger partial charge in [-0.05, 0) is 44.6 Å². The van der Waals surface area contributed by atoms with E-state index in [9.17, 15) is 0 Å². The zero-order valence-corrected chi connectivity index (χ0v) is 11.0. The fourth-order valence-electron chi connectivity index (χ4n) is 4.08. The van der Waals surface area contributed by atoms with Crippen molar-refractivity contribution in [3.05, 3.63) is 0 Å². The van der Waals surface area contributed by atoms with Gasteiger partial charge >= 0.3 is 0 Å². The van der Waals surface area contributed by atoms with Gasteiger partial charge in [0.15, 0.2) is 0 Å². The van der Waals surface area contributed by atoms with Gasteiger partial charge in [0.25, 0.3) is 0 Å². The largest absolute Gasteiger partial charge is 0.329 e. The van der Waals surface area contributed by atoms with Crippen LogP contribution >= 0.6 is 0 Å². The molecule has 3 atom stereocenters. The van der Waals surface area contributed by atoms with Crippen molar-refractivity contribution < 1.29 is 0 Å². The summed E-state index contributed by atoms with van der Waals surface area (Å²) in [4.78, 5) is 2.78. The van der Waals surface area contributed by atoms with Crippen LogP contribution in [-0.4, -0.2) is 29.6 Å². The van der Waals surface area contributed by atoms with Crippen molar-refractivity contribution >= 4 is 0 Å². The van der Waals surface area contributed by atoms with Crippen molar-refractivity contribution in [1.29, 1.82) is 0 Å². The smallest absolute Gasteiger partial charge is 0.0337 e. The second kappa shape index (κ2) is 5.05. The summed E-state index contributed by atoms with van der Waals surface area (Å²) in [6.45, 7) is 6.90. The van der Waals surface area contributed by atoms with E-state index in [0.717, 1.165) is 18.5 Å². The van der Waals surface area contributed by atoms with Gasteiger partial charge in [0, 0.05) is 18.1 Å². The lowest BCUT2D eigenvalue weighted by Gasteiger charge is -2.48. The summed E-state index contributed by atoms with van der Waals surface area (Å²) >= 11 is 0. The van der Waals surface area contributed by atoms with E-state index in [-0.39, 0.29) is 0 Å². The zero-order chi connectivity index (χ0) is 11.6. The highest BCUT2D eigenvalue weighted by molar-refractivity contribution is 5.00. The van der Waals surface area contributed by atoms with Gasteiger partial charge < -0.3 is 5.73 Å². The molecule has 2 nitrogen and oxygen atoms in total. The van der Waals surface area contributed by atoms with Crippen LogP contribution in [0.5, 0.6) is 0 Å². The minimum Gasteiger partial charge on any atom is -0.329 e. The molecular formula is C14H28N2. The molecule has 1 saturated carbocycles. The van der Waals surface area contributed by atoms with E-state index in [1.807, 2.05) is 0 Å². The van der Waals surface area contributed by atoms with E-state index in [1.54, 1.807) is 0 Å². The predicted octanol–water partition coefficient (Wildman–Crippen LogP) is 2.77. The number of rotatable bonds is 3. The van der Waals surface area contributed by atoms with Gasteiger partial charge in [-0.2, -0.15) is 0 Å². The Morgan fingerprint density at radius 1 is 1.31 bits per heavy atom. The molecule has 1 heterocycles. The van der Waals surface area contributed by atoms with Crippen molar-refractivity contribution in [2.75, 3.05) is 13.1 Å². The van der Waals surface area contributed by atoms with Crippen LogP contribution in [0.25, 0.3) is 0 Å². The third kappa shape index (κ3) is 2.14. The number of likely N-dealkylation sites (tertiary alicyclic amines) is 1. The molecule has 2 rings (SSSR count). The molecule has 1 saturated heterocycles. The van der Waals surface area contributed by atoms with Gasteiger partial charge in [-0.15, -0.1) is 0 Å².